The van der Waals surface area contributed by atoms with Crippen LogP contribution in [0.25, 0.3) is 0 Å². The van der Waals surface area contributed by atoms with E-state index in [0.717, 1.165) is 5.56 Å². The molecule has 0 bridgehead atoms. The average Bonchev–Trinajstić information content (AvgIpc) is 2.46. The van der Waals surface area contributed by atoms with Gasteiger partial charge in [-0.2, -0.15) is 8.42 Å². The van der Waals surface area contributed by atoms with Crippen molar-refractivity contribution in [3.05, 3.63) is 47.8 Å². The third-order valence-electron chi connectivity index (χ3n) is 2.55. The van der Waals surface area contributed by atoms with Crippen molar-refractivity contribution >= 4 is 10.1 Å². The van der Waals surface area contributed by atoms with Crippen LogP contribution in [0.5, 0.6) is 6.01 Å². The number of benzene rings is 1. The number of hydrogen-bond acceptors (Lipinski definition) is 6. The molecule has 0 unspecified atom stereocenters. The number of methoxy groups -OCH3 is 1. The van der Waals surface area contributed by atoms with Gasteiger partial charge in [-0.15, -0.1) is 0 Å². The Morgan fingerprint density at radius 1 is 1.10 bits per heavy atom. The van der Waals surface area contributed by atoms with Gasteiger partial charge < -0.3 is 4.74 Å². The Balaban J connectivity index is 2.06. The summed E-state index contributed by atoms with van der Waals surface area (Å²) in [5.74, 6) is 0. The molecular weight excluding hydrogens is 280 g/mol. The molecule has 0 saturated carbocycles. The fourth-order valence-corrected chi connectivity index (χ4v) is 2.34. The van der Waals surface area contributed by atoms with E-state index in [-0.39, 0.29) is 17.5 Å². The minimum absolute atomic E-state index is 0.123. The second-order valence-electron chi connectivity index (χ2n) is 4.11. The highest BCUT2D eigenvalue weighted by molar-refractivity contribution is 7.86. The predicted molar refractivity (Wildman–Crippen MR) is 71.7 cm³/mol. The van der Waals surface area contributed by atoms with Crippen molar-refractivity contribution in [2.75, 3.05) is 7.11 Å². The van der Waals surface area contributed by atoms with Crippen LogP contribution < -0.4 is 4.74 Å². The molecule has 1 heterocycles. The summed E-state index contributed by atoms with van der Waals surface area (Å²) >= 11 is 0. The van der Waals surface area contributed by atoms with Crippen LogP contribution in [-0.2, 0) is 20.9 Å². The van der Waals surface area contributed by atoms with Gasteiger partial charge in [0.2, 0.25) is 0 Å². The highest BCUT2D eigenvalue weighted by Gasteiger charge is 2.15. The van der Waals surface area contributed by atoms with Crippen LogP contribution in [0.3, 0.4) is 0 Å². The van der Waals surface area contributed by atoms with Crippen molar-refractivity contribution in [2.24, 2.45) is 0 Å². The Hall–Kier alpha value is -1.99. The molecule has 0 aliphatic rings. The molecule has 0 radical (unpaired) electrons. The third-order valence-corrected chi connectivity index (χ3v) is 3.83. The molecule has 1 aromatic carbocycles. The first kappa shape index (κ1) is 14.4. The van der Waals surface area contributed by atoms with E-state index < -0.39 is 10.1 Å². The number of rotatable bonds is 5. The SMILES string of the molecule is COc1ncc(COS(=O)(=O)c2ccc(C)cc2)cn1. The molecule has 2 aromatic rings. The van der Waals surface area contributed by atoms with E-state index in [1.165, 1.54) is 31.6 Å². The van der Waals surface area contributed by atoms with Crippen LogP contribution in [0.2, 0.25) is 0 Å². The zero-order chi connectivity index (χ0) is 14.6. The Morgan fingerprint density at radius 2 is 1.70 bits per heavy atom. The number of aromatic nitrogens is 2. The average molecular weight is 294 g/mol. The Bertz CT molecular complexity index is 667. The van der Waals surface area contributed by atoms with Crippen molar-refractivity contribution in [2.45, 2.75) is 18.4 Å². The maximum Gasteiger partial charge on any atom is 0.316 e. The highest BCUT2D eigenvalue weighted by atomic mass is 32.2. The molecule has 6 nitrogen and oxygen atoms in total. The molecule has 0 N–H and O–H groups in total. The lowest BCUT2D eigenvalue weighted by Crippen LogP contribution is -2.07. The van der Waals surface area contributed by atoms with Crippen LogP contribution in [0, 0.1) is 6.92 Å². The van der Waals surface area contributed by atoms with Gasteiger partial charge in [-0.3, -0.25) is 4.18 Å². The maximum absolute atomic E-state index is 12.0. The normalized spacial score (nSPS) is 11.3. The number of ether oxygens (including phenoxy) is 1. The van der Waals surface area contributed by atoms with Gasteiger partial charge in [0.15, 0.2) is 0 Å². The van der Waals surface area contributed by atoms with Gasteiger partial charge in [0.1, 0.15) is 0 Å². The minimum atomic E-state index is -3.78. The first-order valence-electron chi connectivity index (χ1n) is 5.82. The summed E-state index contributed by atoms with van der Waals surface area (Å²) in [7, 11) is -2.33. The molecule has 0 fully saturated rings. The summed E-state index contributed by atoms with van der Waals surface area (Å²) in [6.45, 7) is 1.76. The number of nitrogens with zero attached hydrogens (tertiary/aromatic N) is 2. The predicted octanol–water partition coefficient (Wildman–Crippen LogP) is 1.70. The van der Waals surface area contributed by atoms with E-state index in [1.807, 2.05) is 6.92 Å². The summed E-state index contributed by atoms with van der Waals surface area (Å²) in [6.07, 6.45) is 2.91. The van der Waals surface area contributed by atoms with Crippen molar-refractivity contribution in [3.8, 4) is 6.01 Å². The minimum Gasteiger partial charge on any atom is -0.467 e. The first-order chi connectivity index (χ1) is 9.51. The summed E-state index contributed by atoms with van der Waals surface area (Å²) in [5.41, 5.74) is 1.52. The van der Waals surface area contributed by atoms with Crippen molar-refractivity contribution in [1.82, 2.24) is 9.97 Å². The van der Waals surface area contributed by atoms with Crippen LogP contribution in [0.1, 0.15) is 11.1 Å². The van der Waals surface area contributed by atoms with E-state index >= 15 is 0 Å². The Morgan fingerprint density at radius 3 is 2.25 bits per heavy atom. The molecule has 106 valence electrons. The van der Waals surface area contributed by atoms with E-state index in [4.69, 9.17) is 8.92 Å². The molecule has 0 saturated heterocycles. The van der Waals surface area contributed by atoms with E-state index in [0.29, 0.717) is 5.56 Å². The molecule has 1 aromatic heterocycles. The number of hydrogen-bond donors (Lipinski definition) is 0. The molecular formula is C13H14N2O4S. The van der Waals surface area contributed by atoms with Crippen LogP contribution >= 0.6 is 0 Å². The van der Waals surface area contributed by atoms with Gasteiger partial charge in [0.25, 0.3) is 10.1 Å². The quantitative estimate of drug-likeness (QED) is 0.781. The van der Waals surface area contributed by atoms with E-state index in [2.05, 4.69) is 9.97 Å². The second kappa shape index (κ2) is 5.98. The highest BCUT2D eigenvalue weighted by Crippen LogP contribution is 2.15. The van der Waals surface area contributed by atoms with Gasteiger partial charge in [-0.05, 0) is 19.1 Å². The van der Waals surface area contributed by atoms with Gasteiger partial charge >= 0.3 is 6.01 Å². The van der Waals surface area contributed by atoms with Gasteiger partial charge in [0, 0.05) is 18.0 Å². The van der Waals surface area contributed by atoms with Crippen molar-refractivity contribution < 1.29 is 17.3 Å². The fraction of sp³-hybridized carbons (Fsp3) is 0.231. The largest absolute Gasteiger partial charge is 0.467 e. The first-order valence-corrected chi connectivity index (χ1v) is 7.23. The maximum atomic E-state index is 12.0. The molecule has 0 atom stereocenters. The zero-order valence-electron chi connectivity index (χ0n) is 11.1. The number of aryl methyl sites for hydroxylation is 1. The molecule has 7 heteroatoms. The molecule has 0 aliphatic carbocycles. The van der Waals surface area contributed by atoms with Crippen molar-refractivity contribution in [1.29, 1.82) is 0 Å². The topological polar surface area (TPSA) is 78.4 Å². The van der Waals surface area contributed by atoms with Gasteiger partial charge in [-0.1, -0.05) is 17.7 Å². The standard InChI is InChI=1S/C13H14N2O4S/c1-10-3-5-12(6-4-10)20(16,17)19-9-11-7-14-13(18-2)15-8-11/h3-8H,9H2,1-2H3. The second-order valence-corrected chi connectivity index (χ2v) is 5.72. The lowest BCUT2D eigenvalue weighted by atomic mass is 10.2. The monoisotopic (exact) mass is 294 g/mol. The third kappa shape index (κ3) is 3.52. The van der Waals surface area contributed by atoms with E-state index in [1.54, 1.807) is 12.1 Å². The summed E-state index contributed by atoms with van der Waals surface area (Å²) in [5, 5.41) is 0. The summed E-state index contributed by atoms with van der Waals surface area (Å²) in [6, 6.07) is 6.67. The molecule has 0 aliphatic heterocycles. The van der Waals surface area contributed by atoms with Crippen LogP contribution in [0.15, 0.2) is 41.6 Å². The summed E-state index contributed by atoms with van der Waals surface area (Å²) in [4.78, 5) is 7.87. The molecule has 0 spiro atoms. The Labute approximate surface area is 117 Å². The smallest absolute Gasteiger partial charge is 0.316 e. The van der Waals surface area contributed by atoms with Gasteiger partial charge in [-0.25, -0.2) is 9.97 Å². The van der Waals surface area contributed by atoms with Crippen molar-refractivity contribution in [3.63, 3.8) is 0 Å². The van der Waals surface area contributed by atoms with Crippen LogP contribution in [0.4, 0.5) is 0 Å². The van der Waals surface area contributed by atoms with E-state index in [9.17, 15) is 8.42 Å². The van der Waals surface area contributed by atoms with Crippen LogP contribution in [-0.4, -0.2) is 25.5 Å². The molecule has 2 rings (SSSR count). The summed E-state index contributed by atoms with van der Waals surface area (Å²) < 4.78 is 33.7. The fourth-order valence-electron chi connectivity index (χ4n) is 1.44. The lowest BCUT2D eigenvalue weighted by Gasteiger charge is -2.06. The molecule has 0 amide bonds. The Kier molecular flexibility index (Phi) is 4.31. The molecule has 20 heavy (non-hydrogen) atoms. The lowest BCUT2D eigenvalue weighted by molar-refractivity contribution is 0.306. The zero-order valence-corrected chi connectivity index (χ0v) is 11.9. The van der Waals surface area contributed by atoms with Gasteiger partial charge in [0.05, 0.1) is 18.6 Å².